The number of carbonyl (C=O) groups excluding carboxylic acids is 2. The van der Waals surface area contributed by atoms with Crippen LogP contribution in [0, 0.1) is 10.1 Å². The van der Waals surface area contributed by atoms with Gasteiger partial charge in [0, 0.05) is 48.4 Å². The summed E-state index contributed by atoms with van der Waals surface area (Å²) >= 11 is 0. The van der Waals surface area contributed by atoms with Crippen molar-refractivity contribution in [1.82, 2.24) is 4.90 Å². The summed E-state index contributed by atoms with van der Waals surface area (Å²) in [6, 6.07) is 9.29. The average Bonchev–Trinajstić information content (AvgIpc) is 2.74. The van der Waals surface area contributed by atoms with Crippen molar-refractivity contribution in [3.05, 3.63) is 58.1 Å². The van der Waals surface area contributed by atoms with Crippen molar-refractivity contribution in [2.45, 2.75) is 4.90 Å². The molecule has 0 saturated carbocycles. The summed E-state index contributed by atoms with van der Waals surface area (Å²) in [6.45, 7) is 2.82. The Hall–Kier alpha value is -3.35. The molecule has 1 aliphatic heterocycles. The minimum Gasteiger partial charge on any atom is -0.379 e. The highest BCUT2D eigenvalue weighted by atomic mass is 32.2. The second-order valence-electron chi connectivity index (χ2n) is 7.21. The highest BCUT2D eigenvalue weighted by Gasteiger charge is 2.19. The van der Waals surface area contributed by atoms with Gasteiger partial charge in [-0.3, -0.25) is 24.6 Å². The minimum atomic E-state index is -3.75. The number of morpholine rings is 1. The number of carbonyl (C=O) groups is 2. The van der Waals surface area contributed by atoms with E-state index in [1.807, 2.05) is 4.90 Å². The third-order valence-corrected chi connectivity index (χ3v) is 5.78. The fraction of sp³-hybridized carbons (Fsp3) is 0.300. The van der Waals surface area contributed by atoms with Gasteiger partial charge in [0.25, 0.3) is 11.6 Å². The van der Waals surface area contributed by atoms with Gasteiger partial charge in [0.15, 0.2) is 9.84 Å². The van der Waals surface area contributed by atoms with Crippen LogP contribution >= 0.6 is 0 Å². The van der Waals surface area contributed by atoms with E-state index in [4.69, 9.17) is 4.74 Å². The standard InChI is InChI=1S/C20H22N4O7S/c1-32(29,30)18-11-14(10-17(12-18)24(27)28)20(26)22-16-4-2-15(3-5-16)21-19(25)13-23-6-8-31-9-7-23/h2-5,10-12H,6-9,13H2,1H3,(H,21,25)(H,22,26). The molecular weight excluding hydrogens is 440 g/mol. The molecule has 0 radical (unpaired) electrons. The molecule has 0 spiro atoms. The minimum absolute atomic E-state index is 0.164. The molecular formula is C20H22N4O7S. The third kappa shape index (κ3) is 6.33. The Morgan fingerprint density at radius 1 is 1.06 bits per heavy atom. The number of nitro groups is 1. The van der Waals surface area contributed by atoms with Crippen molar-refractivity contribution in [3.63, 3.8) is 0 Å². The van der Waals surface area contributed by atoms with Gasteiger partial charge in [-0.2, -0.15) is 0 Å². The number of nitro benzene ring substituents is 1. The zero-order valence-corrected chi connectivity index (χ0v) is 18.1. The van der Waals surface area contributed by atoms with Crippen LogP contribution in [0.2, 0.25) is 0 Å². The summed E-state index contributed by atoms with van der Waals surface area (Å²) in [5, 5.41) is 16.4. The van der Waals surface area contributed by atoms with E-state index in [2.05, 4.69) is 10.6 Å². The van der Waals surface area contributed by atoms with Crippen molar-refractivity contribution < 1.29 is 27.7 Å². The van der Waals surface area contributed by atoms with Crippen molar-refractivity contribution in [3.8, 4) is 0 Å². The lowest BCUT2D eigenvalue weighted by molar-refractivity contribution is -0.385. The molecule has 32 heavy (non-hydrogen) atoms. The number of anilines is 2. The van der Waals surface area contributed by atoms with Crippen molar-refractivity contribution in [2.75, 3.05) is 49.7 Å². The number of nitrogens with one attached hydrogen (secondary N) is 2. The zero-order valence-electron chi connectivity index (χ0n) is 17.2. The van der Waals surface area contributed by atoms with Crippen LogP contribution in [0.3, 0.4) is 0 Å². The Morgan fingerprint density at radius 3 is 2.22 bits per heavy atom. The fourth-order valence-corrected chi connectivity index (χ4v) is 3.71. The summed E-state index contributed by atoms with van der Waals surface area (Å²) in [7, 11) is -3.75. The first-order chi connectivity index (χ1) is 15.1. The predicted molar refractivity (Wildman–Crippen MR) is 116 cm³/mol. The summed E-state index contributed by atoms with van der Waals surface area (Å²) in [5.41, 5.74) is 0.239. The van der Waals surface area contributed by atoms with E-state index in [0.29, 0.717) is 37.7 Å². The molecule has 1 heterocycles. The van der Waals surface area contributed by atoms with E-state index >= 15 is 0 Å². The summed E-state index contributed by atoms with van der Waals surface area (Å²) in [4.78, 5) is 36.7. The van der Waals surface area contributed by atoms with Crippen LogP contribution in [0.25, 0.3) is 0 Å². The van der Waals surface area contributed by atoms with Gasteiger partial charge in [0.2, 0.25) is 5.91 Å². The van der Waals surface area contributed by atoms with Crippen LogP contribution in [0.4, 0.5) is 17.1 Å². The number of sulfone groups is 1. The van der Waals surface area contributed by atoms with Gasteiger partial charge in [-0.05, 0) is 30.3 Å². The SMILES string of the molecule is CS(=O)(=O)c1cc(C(=O)Nc2ccc(NC(=O)CN3CCOCC3)cc2)cc([N+](=O)[O-])c1. The van der Waals surface area contributed by atoms with E-state index < -0.39 is 26.4 Å². The topological polar surface area (TPSA) is 148 Å². The largest absolute Gasteiger partial charge is 0.379 e. The summed E-state index contributed by atoms with van der Waals surface area (Å²) < 4.78 is 28.8. The summed E-state index contributed by atoms with van der Waals surface area (Å²) in [6.07, 6.45) is 0.903. The van der Waals surface area contributed by atoms with Gasteiger partial charge < -0.3 is 15.4 Å². The van der Waals surface area contributed by atoms with Gasteiger partial charge in [-0.25, -0.2) is 8.42 Å². The molecule has 1 fully saturated rings. The van der Waals surface area contributed by atoms with Crippen LogP contribution < -0.4 is 10.6 Å². The van der Waals surface area contributed by atoms with Gasteiger partial charge in [-0.1, -0.05) is 0 Å². The van der Waals surface area contributed by atoms with Crippen LogP contribution in [0.1, 0.15) is 10.4 Å². The van der Waals surface area contributed by atoms with E-state index in [0.717, 1.165) is 24.5 Å². The molecule has 3 rings (SSSR count). The van der Waals surface area contributed by atoms with Crippen molar-refractivity contribution in [2.24, 2.45) is 0 Å². The fourth-order valence-electron chi connectivity index (χ4n) is 3.04. The molecule has 11 nitrogen and oxygen atoms in total. The molecule has 0 atom stereocenters. The number of benzene rings is 2. The van der Waals surface area contributed by atoms with Crippen LogP contribution in [-0.2, 0) is 19.4 Å². The van der Waals surface area contributed by atoms with Gasteiger partial charge in [0.1, 0.15) is 0 Å². The number of hydrogen-bond acceptors (Lipinski definition) is 8. The van der Waals surface area contributed by atoms with Crippen LogP contribution in [0.15, 0.2) is 47.4 Å². The zero-order chi connectivity index (χ0) is 23.3. The Morgan fingerprint density at radius 2 is 1.66 bits per heavy atom. The molecule has 1 saturated heterocycles. The Kier molecular flexibility index (Phi) is 7.18. The molecule has 1 aliphatic rings. The Balaban J connectivity index is 1.66. The van der Waals surface area contributed by atoms with Gasteiger partial charge >= 0.3 is 0 Å². The maximum absolute atomic E-state index is 12.5. The first kappa shape index (κ1) is 23.3. The second-order valence-corrected chi connectivity index (χ2v) is 9.23. The highest BCUT2D eigenvalue weighted by Crippen LogP contribution is 2.22. The molecule has 0 bridgehead atoms. The van der Waals surface area contributed by atoms with Gasteiger partial charge in [-0.15, -0.1) is 0 Å². The second kappa shape index (κ2) is 9.85. The first-order valence-corrected chi connectivity index (χ1v) is 11.5. The Bertz CT molecular complexity index is 1130. The normalized spacial score (nSPS) is 14.5. The number of hydrogen-bond donors (Lipinski definition) is 2. The number of rotatable bonds is 7. The van der Waals surface area contributed by atoms with E-state index in [-0.39, 0.29) is 22.9 Å². The molecule has 0 aliphatic carbocycles. The number of non-ortho nitro benzene ring substituents is 1. The molecule has 2 aromatic carbocycles. The van der Waals surface area contributed by atoms with Crippen molar-refractivity contribution in [1.29, 1.82) is 0 Å². The lowest BCUT2D eigenvalue weighted by atomic mass is 10.2. The highest BCUT2D eigenvalue weighted by molar-refractivity contribution is 7.90. The molecule has 0 unspecified atom stereocenters. The molecule has 2 aromatic rings. The van der Waals surface area contributed by atoms with E-state index in [1.165, 1.54) is 0 Å². The van der Waals surface area contributed by atoms with Crippen LogP contribution in [0.5, 0.6) is 0 Å². The lowest BCUT2D eigenvalue weighted by Crippen LogP contribution is -2.41. The Labute approximate surface area is 184 Å². The average molecular weight is 462 g/mol. The van der Waals surface area contributed by atoms with E-state index in [9.17, 15) is 28.1 Å². The summed E-state index contributed by atoms with van der Waals surface area (Å²) in [5.74, 6) is -0.878. The van der Waals surface area contributed by atoms with Gasteiger partial charge in [0.05, 0.1) is 29.6 Å². The quantitative estimate of drug-likeness (QED) is 0.465. The maximum atomic E-state index is 12.5. The number of ether oxygens (including phenoxy) is 1. The van der Waals surface area contributed by atoms with Crippen LogP contribution in [-0.4, -0.2) is 69.2 Å². The number of amides is 2. The smallest absolute Gasteiger partial charge is 0.271 e. The van der Waals surface area contributed by atoms with E-state index in [1.54, 1.807) is 24.3 Å². The molecule has 2 amide bonds. The number of nitrogens with zero attached hydrogens (tertiary/aromatic N) is 2. The molecule has 170 valence electrons. The lowest BCUT2D eigenvalue weighted by Gasteiger charge is -2.25. The molecule has 0 aromatic heterocycles. The monoisotopic (exact) mass is 462 g/mol. The van der Waals surface area contributed by atoms with Crippen molar-refractivity contribution >= 4 is 38.7 Å². The molecule has 2 N–H and O–H groups in total. The molecule has 12 heteroatoms. The predicted octanol–water partition coefficient (Wildman–Crippen LogP) is 1.52. The maximum Gasteiger partial charge on any atom is 0.271 e. The first-order valence-electron chi connectivity index (χ1n) is 9.63. The third-order valence-electron chi connectivity index (χ3n) is 4.69.